The molecule has 0 bridgehead atoms. The van der Waals surface area contributed by atoms with Crippen molar-refractivity contribution in [3.8, 4) is 17.0 Å². The molecule has 23 heavy (non-hydrogen) atoms. The molecule has 1 aromatic carbocycles. The molecule has 2 aromatic rings. The fourth-order valence-electron chi connectivity index (χ4n) is 3.17. The van der Waals surface area contributed by atoms with E-state index < -0.39 is 0 Å². The molecule has 1 aromatic heterocycles. The Balaban J connectivity index is 1.83. The molecule has 1 unspecified atom stereocenters. The van der Waals surface area contributed by atoms with Crippen LogP contribution in [0.4, 0.5) is 0 Å². The van der Waals surface area contributed by atoms with E-state index in [1.165, 1.54) is 24.0 Å². The Kier molecular flexibility index (Phi) is 5.29. The van der Waals surface area contributed by atoms with Crippen LogP contribution < -0.4 is 4.74 Å². The van der Waals surface area contributed by atoms with Gasteiger partial charge in [-0.2, -0.15) is 0 Å². The third kappa shape index (κ3) is 4.11. The summed E-state index contributed by atoms with van der Waals surface area (Å²) in [6, 6.07) is 12.6. The summed E-state index contributed by atoms with van der Waals surface area (Å²) >= 11 is 0. The van der Waals surface area contributed by atoms with Crippen molar-refractivity contribution in [2.75, 3.05) is 20.1 Å². The van der Waals surface area contributed by atoms with Crippen molar-refractivity contribution in [2.45, 2.75) is 38.7 Å². The van der Waals surface area contributed by atoms with Gasteiger partial charge >= 0.3 is 0 Å². The standard InChI is InChI=1S/C20H26N2O/c1-3-4-7-16-14-17(23-18-11-13-22(2)15-18)9-10-19(16)20-8-5-6-12-21-20/h5-6,8-10,12,14,18H,3-4,7,11,13,15H2,1-2H3. The number of rotatable bonds is 6. The molecule has 0 aliphatic carbocycles. The van der Waals surface area contributed by atoms with Crippen LogP contribution in [0.2, 0.25) is 0 Å². The maximum atomic E-state index is 6.20. The number of nitrogens with zero attached hydrogens (tertiary/aromatic N) is 2. The Morgan fingerprint density at radius 1 is 1.26 bits per heavy atom. The summed E-state index contributed by atoms with van der Waals surface area (Å²) in [7, 11) is 2.15. The summed E-state index contributed by atoms with van der Waals surface area (Å²) < 4.78 is 6.20. The largest absolute Gasteiger partial charge is 0.489 e. The van der Waals surface area contributed by atoms with Gasteiger partial charge in [0.05, 0.1) is 5.69 Å². The molecular formula is C20H26N2O. The van der Waals surface area contributed by atoms with Gasteiger partial charge in [-0.3, -0.25) is 4.98 Å². The maximum absolute atomic E-state index is 6.20. The van der Waals surface area contributed by atoms with Crippen LogP contribution in [0.5, 0.6) is 5.75 Å². The van der Waals surface area contributed by atoms with E-state index in [9.17, 15) is 0 Å². The molecular weight excluding hydrogens is 284 g/mol. The minimum absolute atomic E-state index is 0.319. The summed E-state index contributed by atoms with van der Waals surface area (Å²) in [4.78, 5) is 6.84. The van der Waals surface area contributed by atoms with E-state index in [2.05, 4.69) is 48.1 Å². The lowest BCUT2D eigenvalue weighted by Crippen LogP contribution is -2.21. The predicted molar refractivity (Wildman–Crippen MR) is 94.8 cm³/mol. The third-order valence-electron chi connectivity index (χ3n) is 4.47. The highest BCUT2D eigenvalue weighted by molar-refractivity contribution is 5.65. The normalized spacial score (nSPS) is 18.3. The van der Waals surface area contributed by atoms with E-state index in [1.807, 2.05) is 18.3 Å². The highest BCUT2D eigenvalue weighted by Gasteiger charge is 2.21. The topological polar surface area (TPSA) is 25.4 Å². The summed E-state index contributed by atoms with van der Waals surface area (Å²) in [5.74, 6) is 0.996. The molecule has 1 atom stereocenters. The van der Waals surface area contributed by atoms with Crippen LogP contribution in [0.3, 0.4) is 0 Å². The average molecular weight is 310 g/mol. The fraction of sp³-hybridized carbons (Fsp3) is 0.450. The number of ether oxygens (including phenoxy) is 1. The first-order chi connectivity index (χ1) is 11.3. The molecule has 3 heteroatoms. The molecule has 3 rings (SSSR count). The van der Waals surface area contributed by atoms with Gasteiger partial charge in [-0.15, -0.1) is 0 Å². The molecule has 1 saturated heterocycles. The minimum Gasteiger partial charge on any atom is -0.489 e. The predicted octanol–water partition coefficient (Wildman–Crippen LogP) is 4.17. The number of aryl methyl sites for hydroxylation is 1. The van der Waals surface area contributed by atoms with Crippen molar-refractivity contribution < 1.29 is 4.74 Å². The second kappa shape index (κ2) is 7.60. The molecule has 1 aliphatic rings. The number of hydrogen-bond acceptors (Lipinski definition) is 3. The smallest absolute Gasteiger partial charge is 0.120 e. The molecule has 0 N–H and O–H groups in total. The van der Waals surface area contributed by atoms with E-state index in [0.29, 0.717) is 6.10 Å². The summed E-state index contributed by atoms with van der Waals surface area (Å²) in [6.45, 7) is 4.38. The summed E-state index contributed by atoms with van der Waals surface area (Å²) in [6.07, 6.45) is 6.75. The van der Waals surface area contributed by atoms with Crippen LogP contribution in [-0.4, -0.2) is 36.1 Å². The SMILES string of the molecule is CCCCc1cc(OC2CCN(C)C2)ccc1-c1ccccn1. The van der Waals surface area contributed by atoms with Crippen LogP contribution in [0.15, 0.2) is 42.6 Å². The average Bonchev–Trinajstić information content (AvgIpc) is 2.99. The lowest BCUT2D eigenvalue weighted by atomic mass is 9.99. The molecule has 2 heterocycles. The maximum Gasteiger partial charge on any atom is 0.120 e. The van der Waals surface area contributed by atoms with E-state index in [0.717, 1.165) is 37.4 Å². The lowest BCUT2D eigenvalue weighted by Gasteiger charge is -2.16. The summed E-state index contributed by atoms with van der Waals surface area (Å²) in [5.41, 5.74) is 3.62. The molecule has 0 spiro atoms. The molecule has 0 radical (unpaired) electrons. The minimum atomic E-state index is 0.319. The highest BCUT2D eigenvalue weighted by atomic mass is 16.5. The van der Waals surface area contributed by atoms with Crippen molar-refractivity contribution in [3.05, 3.63) is 48.2 Å². The molecule has 1 aliphatic heterocycles. The molecule has 0 amide bonds. The monoisotopic (exact) mass is 310 g/mol. The van der Waals surface area contributed by atoms with Gasteiger partial charge in [0.25, 0.3) is 0 Å². The Labute approximate surface area is 139 Å². The van der Waals surface area contributed by atoms with Gasteiger partial charge < -0.3 is 9.64 Å². The lowest BCUT2D eigenvalue weighted by molar-refractivity contribution is 0.208. The van der Waals surface area contributed by atoms with Crippen molar-refractivity contribution in [1.82, 2.24) is 9.88 Å². The van der Waals surface area contributed by atoms with Gasteiger partial charge in [0.2, 0.25) is 0 Å². The van der Waals surface area contributed by atoms with E-state index >= 15 is 0 Å². The number of likely N-dealkylation sites (tertiary alicyclic amines) is 1. The third-order valence-corrected chi connectivity index (χ3v) is 4.47. The zero-order chi connectivity index (χ0) is 16.1. The van der Waals surface area contributed by atoms with Crippen LogP contribution >= 0.6 is 0 Å². The van der Waals surface area contributed by atoms with Gasteiger partial charge in [0.1, 0.15) is 11.9 Å². The van der Waals surface area contributed by atoms with Gasteiger partial charge in [-0.1, -0.05) is 19.4 Å². The number of unbranched alkanes of at least 4 members (excludes halogenated alkanes) is 1. The second-order valence-electron chi connectivity index (χ2n) is 6.43. The zero-order valence-electron chi connectivity index (χ0n) is 14.2. The Morgan fingerprint density at radius 3 is 2.87 bits per heavy atom. The first-order valence-electron chi connectivity index (χ1n) is 8.66. The van der Waals surface area contributed by atoms with E-state index in [4.69, 9.17) is 4.74 Å². The van der Waals surface area contributed by atoms with Crippen molar-refractivity contribution in [2.24, 2.45) is 0 Å². The highest BCUT2D eigenvalue weighted by Crippen LogP contribution is 2.28. The van der Waals surface area contributed by atoms with E-state index in [1.54, 1.807) is 0 Å². The number of likely N-dealkylation sites (N-methyl/N-ethyl adjacent to an activating group) is 1. The Hall–Kier alpha value is -1.87. The van der Waals surface area contributed by atoms with Crippen LogP contribution in [0.1, 0.15) is 31.7 Å². The van der Waals surface area contributed by atoms with Crippen molar-refractivity contribution in [3.63, 3.8) is 0 Å². The zero-order valence-corrected chi connectivity index (χ0v) is 14.2. The number of aromatic nitrogens is 1. The first-order valence-corrected chi connectivity index (χ1v) is 8.66. The quantitative estimate of drug-likeness (QED) is 0.800. The van der Waals surface area contributed by atoms with Gasteiger partial charge in [0.15, 0.2) is 0 Å². The van der Waals surface area contributed by atoms with E-state index in [-0.39, 0.29) is 0 Å². The molecule has 122 valence electrons. The van der Waals surface area contributed by atoms with Crippen molar-refractivity contribution in [1.29, 1.82) is 0 Å². The molecule has 3 nitrogen and oxygen atoms in total. The first kappa shape index (κ1) is 16.0. The fourth-order valence-corrected chi connectivity index (χ4v) is 3.17. The Morgan fingerprint density at radius 2 is 2.17 bits per heavy atom. The number of hydrogen-bond donors (Lipinski definition) is 0. The van der Waals surface area contributed by atoms with Crippen LogP contribution in [0, 0.1) is 0 Å². The molecule has 1 fully saturated rings. The van der Waals surface area contributed by atoms with Gasteiger partial charge in [0, 0.05) is 24.8 Å². The molecule has 0 saturated carbocycles. The van der Waals surface area contributed by atoms with Crippen LogP contribution in [-0.2, 0) is 6.42 Å². The van der Waals surface area contributed by atoms with Gasteiger partial charge in [-0.05, 0) is 62.2 Å². The Bertz CT molecular complexity index is 627. The van der Waals surface area contributed by atoms with Crippen LogP contribution in [0.25, 0.3) is 11.3 Å². The van der Waals surface area contributed by atoms with Crippen molar-refractivity contribution >= 4 is 0 Å². The number of pyridine rings is 1. The second-order valence-corrected chi connectivity index (χ2v) is 6.43. The van der Waals surface area contributed by atoms with Gasteiger partial charge in [-0.25, -0.2) is 0 Å². The number of benzene rings is 1. The summed E-state index contributed by atoms with van der Waals surface area (Å²) in [5, 5.41) is 0.